The maximum Gasteiger partial charge on any atom is 0.301 e. The van der Waals surface area contributed by atoms with Crippen LogP contribution in [0.5, 0.6) is 0 Å². The number of anilines is 2. The number of hydrogen-bond acceptors (Lipinski definition) is 3. The molecule has 0 unspecified atom stereocenters. The first kappa shape index (κ1) is 15.1. The van der Waals surface area contributed by atoms with Gasteiger partial charge < -0.3 is 5.73 Å². The van der Waals surface area contributed by atoms with Crippen molar-refractivity contribution in [1.82, 2.24) is 4.31 Å². The highest BCUT2D eigenvalue weighted by Gasteiger charge is 2.23. The molecule has 0 bridgehead atoms. The monoisotopic (exact) mass is 297 g/mol. The minimum Gasteiger partial charge on any atom is -0.397 e. The quantitative estimate of drug-likeness (QED) is 0.841. The van der Waals surface area contributed by atoms with Crippen molar-refractivity contribution in [1.29, 1.82) is 0 Å². The Bertz CT molecular complexity index is 576. The van der Waals surface area contributed by atoms with Crippen LogP contribution in [0.2, 0.25) is 0 Å². The third-order valence-electron chi connectivity index (χ3n) is 3.81. The van der Waals surface area contributed by atoms with Crippen LogP contribution in [-0.4, -0.2) is 25.8 Å². The zero-order chi connectivity index (χ0) is 14.8. The van der Waals surface area contributed by atoms with Crippen LogP contribution < -0.4 is 10.5 Å². The van der Waals surface area contributed by atoms with Crippen LogP contribution in [0.3, 0.4) is 0 Å². The fourth-order valence-electron chi connectivity index (χ4n) is 2.41. The summed E-state index contributed by atoms with van der Waals surface area (Å²) >= 11 is 0. The van der Waals surface area contributed by atoms with Gasteiger partial charge in [-0.2, -0.15) is 12.7 Å². The van der Waals surface area contributed by atoms with E-state index in [-0.39, 0.29) is 0 Å². The first-order chi connectivity index (χ1) is 9.40. The molecule has 0 radical (unpaired) electrons. The third-order valence-corrected chi connectivity index (χ3v) is 5.33. The summed E-state index contributed by atoms with van der Waals surface area (Å²) in [6.45, 7) is 5.07. The van der Waals surface area contributed by atoms with E-state index in [1.165, 1.54) is 4.31 Å². The second-order valence-electron chi connectivity index (χ2n) is 5.44. The molecule has 20 heavy (non-hydrogen) atoms. The summed E-state index contributed by atoms with van der Waals surface area (Å²) < 4.78 is 29.0. The number of nitrogens with zero attached hydrogens (tertiary/aromatic N) is 1. The van der Waals surface area contributed by atoms with E-state index in [1.807, 2.05) is 13.8 Å². The van der Waals surface area contributed by atoms with E-state index in [2.05, 4.69) is 4.72 Å². The largest absolute Gasteiger partial charge is 0.397 e. The van der Waals surface area contributed by atoms with Gasteiger partial charge in [-0.3, -0.25) is 4.72 Å². The maximum absolute atomic E-state index is 12.4. The highest BCUT2D eigenvalue weighted by atomic mass is 32.2. The molecule has 1 aliphatic heterocycles. The van der Waals surface area contributed by atoms with Gasteiger partial charge in [0.25, 0.3) is 0 Å². The van der Waals surface area contributed by atoms with Gasteiger partial charge in [0.05, 0.1) is 11.4 Å². The number of nitrogens with one attached hydrogen (secondary N) is 1. The van der Waals surface area contributed by atoms with Crippen molar-refractivity contribution < 1.29 is 8.42 Å². The minimum atomic E-state index is -3.51. The van der Waals surface area contributed by atoms with Gasteiger partial charge in [-0.1, -0.05) is 12.8 Å². The molecule has 2 rings (SSSR count). The van der Waals surface area contributed by atoms with Crippen LogP contribution >= 0.6 is 0 Å². The predicted octanol–water partition coefficient (Wildman–Crippen LogP) is 2.42. The van der Waals surface area contributed by atoms with Gasteiger partial charge in [0, 0.05) is 13.1 Å². The Morgan fingerprint density at radius 3 is 2.20 bits per heavy atom. The zero-order valence-electron chi connectivity index (χ0n) is 12.1. The van der Waals surface area contributed by atoms with Gasteiger partial charge >= 0.3 is 10.2 Å². The standard InChI is InChI=1S/C14H23N3O2S/c1-11-9-13(15)14(10-12(11)2)16-20(18,19)17-7-5-3-4-6-8-17/h9-10,16H,3-8,15H2,1-2H3. The number of hydrogen-bond donors (Lipinski definition) is 2. The normalized spacial score (nSPS) is 17.7. The van der Waals surface area contributed by atoms with E-state index in [4.69, 9.17) is 5.73 Å². The Morgan fingerprint density at radius 1 is 1.05 bits per heavy atom. The topological polar surface area (TPSA) is 75.4 Å². The lowest BCUT2D eigenvalue weighted by molar-refractivity contribution is 0.427. The van der Waals surface area contributed by atoms with Crippen LogP contribution in [0.4, 0.5) is 11.4 Å². The highest BCUT2D eigenvalue weighted by molar-refractivity contribution is 7.90. The van der Waals surface area contributed by atoms with Crippen LogP contribution in [-0.2, 0) is 10.2 Å². The molecule has 0 amide bonds. The van der Waals surface area contributed by atoms with E-state index < -0.39 is 10.2 Å². The number of aryl methyl sites for hydroxylation is 2. The molecule has 0 aromatic heterocycles. The van der Waals surface area contributed by atoms with Crippen molar-refractivity contribution in [2.45, 2.75) is 39.5 Å². The zero-order valence-corrected chi connectivity index (χ0v) is 13.0. The first-order valence-electron chi connectivity index (χ1n) is 7.05. The van der Waals surface area contributed by atoms with E-state index in [9.17, 15) is 8.42 Å². The van der Waals surface area contributed by atoms with Crippen molar-refractivity contribution in [3.8, 4) is 0 Å². The minimum absolute atomic E-state index is 0.464. The summed E-state index contributed by atoms with van der Waals surface area (Å²) in [5, 5.41) is 0. The molecular weight excluding hydrogens is 274 g/mol. The molecular formula is C14H23N3O2S. The lowest BCUT2D eigenvalue weighted by Crippen LogP contribution is -2.36. The second-order valence-corrected chi connectivity index (χ2v) is 7.11. The summed E-state index contributed by atoms with van der Waals surface area (Å²) in [5.41, 5.74) is 8.92. The summed E-state index contributed by atoms with van der Waals surface area (Å²) in [6, 6.07) is 3.59. The van der Waals surface area contributed by atoms with Gasteiger partial charge in [-0.15, -0.1) is 0 Å². The van der Waals surface area contributed by atoms with E-state index in [1.54, 1.807) is 12.1 Å². The number of rotatable bonds is 3. The summed E-state index contributed by atoms with van der Waals surface area (Å²) in [4.78, 5) is 0. The fourth-order valence-corrected chi connectivity index (χ4v) is 3.74. The van der Waals surface area contributed by atoms with Gasteiger partial charge in [0.1, 0.15) is 0 Å². The fraction of sp³-hybridized carbons (Fsp3) is 0.571. The van der Waals surface area contributed by atoms with Crippen molar-refractivity contribution in [2.75, 3.05) is 23.5 Å². The molecule has 112 valence electrons. The molecule has 1 heterocycles. The Labute approximate surface area is 121 Å². The summed E-state index contributed by atoms with van der Waals surface area (Å²) in [7, 11) is -3.51. The summed E-state index contributed by atoms with van der Waals surface area (Å²) in [6.07, 6.45) is 4.03. The molecule has 0 atom stereocenters. The van der Waals surface area contributed by atoms with Crippen molar-refractivity contribution in [3.63, 3.8) is 0 Å². The average molecular weight is 297 g/mol. The van der Waals surface area contributed by atoms with Crippen LogP contribution in [0.25, 0.3) is 0 Å². The van der Waals surface area contributed by atoms with Gasteiger partial charge in [0.2, 0.25) is 0 Å². The molecule has 1 aromatic carbocycles. The van der Waals surface area contributed by atoms with Gasteiger partial charge in [-0.25, -0.2) is 0 Å². The highest BCUT2D eigenvalue weighted by Crippen LogP contribution is 2.25. The van der Waals surface area contributed by atoms with Crippen LogP contribution in [0, 0.1) is 13.8 Å². The second kappa shape index (κ2) is 6.01. The maximum atomic E-state index is 12.4. The molecule has 0 aliphatic carbocycles. The van der Waals surface area contributed by atoms with Gasteiger partial charge in [-0.05, 0) is 49.9 Å². The molecule has 1 aliphatic rings. The molecule has 6 heteroatoms. The average Bonchev–Trinajstić information content (AvgIpc) is 2.65. The number of benzene rings is 1. The first-order valence-corrected chi connectivity index (χ1v) is 8.49. The molecule has 1 fully saturated rings. The lowest BCUT2D eigenvalue weighted by Gasteiger charge is -2.21. The Hall–Kier alpha value is -1.27. The van der Waals surface area contributed by atoms with E-state index >= 15 is 0 Å². The van der Waals surface area contributed by atoms with Gasteiger partial charge in [0.15, 0.2) is 0 Å². The Morgan fingerprint density at radius 2 is 1.60 bits per heavy atom. The lowest BCUT2D eigenvalue weighted by atomic mass is 10.1. The number of nitrogens with two attached hydrogens (primary N) is 1. The summed E-state index contributed by atoms with van der Waals surface area (Å²) in [5.74, 6) is 0. The molecule has 3 N–H and O–H groups in total. The van der Waals surface area contributed by atoms with E-state index in [0.717, 1.165) is 36.8 Å². The number of nitrogen functional groups attached to an aromatic ring is 1. The third kappa shape index (κ3) is 3.43. The van der Waals surface area contributed by atoms with Crippen molar-refractivity contribution in [2.24, 2.45) is 0 Å². The molecule has 1 aromatic rings. The van der Waals surface area contributed by atoms with Crippen molar-refractivity contribution >= 4 is 21.6 Å². The van der Waals surface area contributed by atoms with Crippen LogP contribution in [0.15, 0.2) is 12.1 Å². The van der Waals surface area contributed by atoms with Crippen molar-refractivity contribution in [3.05, 3.63) is 23.3 Å². The smallest absolute Gasteiger partial charge is 0.301 e. The molecule has 0 spiro atoms. The van der Waals surface area contributed by atoms with Crippen LogP contribution in [0.1, 0.15) is 36.8 Å². The molecule has 5 nitrogen and oxygen atoms in total. The molecule has 0 saturated carbocycles. The SMILES string of the molecule is Cc1cc(N)c(NS(=O)(=O)N2CCCCCC2)cc1C. The van der Waals surface area contributed by atoms with E-state index in [0.29, 0.717) is 24.5 Å². The predicted molar refractivity (Wildman–Crippen MR) is 82.9 cm³/mol. The Balaban J connectivity index is 2.21. The Kier molecular flexibility index (Phi) is 4.55. The molecule has 1 saturated heterocycles.